The molecule has 1 atom stereocenters. The minimum atomic E-state index is -0.485. The molecule has 0 aliphatic rings. The Labute approximate surface area is 131 Å². The second-order valence-corrected chi connectivity index (χ2v) is 5.20. The molecule has 0 aliphatic carbocycles. The van der Waals surface area contributed by atoms with Crippen LogP contribution < -0.4 is 20.7 Å². The zero-order valence-electron chi connectivity index (χ0n) is 11.7. The van der Waals surface area contributed by atoms with Crippen LogP contribution in [-0.4, -0.2) is 14.2 Å². The lowest BCUT2D eigenvalue weighted by atomic mass is 9.97. The third-order valence-electron chi connectivity index (χ3n) is 3.19. The number of hydrazine groups is 1. The van der Waals surface area contributed by atoms with Gasteiger partial charge in [-0.2, -0.15) is 0 Å². The van der Waals surface area contributed by atoms with Crippen LogP contribution in [0.4, 0.5) is 4.39 Å². The molecule has 2 aromatic rings. The lowest BCUT2D eigenvalue weighted by Crippen LogP contribution is -2.30. The van der Waals surface area contributed by atoms with Crippen molar-refractivity contribution in [3.63, 3.8) is 0 Å². The Morgan fingerprint density at radius 2 is 1.76 bits per heavy atom. The molecule has 1 unspecified atom stereocenters. The highest BCUT2D eigenvalue weighted by Crippen LogP contribution is 2.39. The highest BCUT2D eigenvalue weighted by atomic mass is 79.9. The number of nitrogens with one attached hydrogen (secondary N) is 1. The maximum atomic E-state index is 13.6. The largest absolute Gasteiger partial charge is 0.496 e. The molecular formula is C15H16BrFN2O2. The van der Waals surface area contributed by atoms with Crippen LogP contribution in [0.5, 0.6) is 11.5 Å². The molecule has 6 heteroatoms. The van der Waals surface area contributed by atoms with Crippen molar-refractivity contribution in [2.75, 3.05) is 14.2 Å². The van der Waals surface area contributed by atoms with E-state index in [2.05, 4.69) is 21.4 Å². The highest BCUT2D eigenvalue weighted by molar-refractivity contribution is 9.10. The molecular weight excluding hydrogens is 339 g/mol. The first-order chi connectivity index (χ1) is 10.1. The third kappa shape index (κ3) is 3.18. The Kier molecular flexibility index (Phi) is 5.17. The molecule has 0 fully saturated rings. The first-order valence-corrected chi connectivity index (χ1v) is 7.03. The van der Waals surface area contributed by atoms with Crippen LogP contribution in [0.2, 0.25) is 0 Å². The minimum Gasteiger partial charge on any atom is -0.496 e. The van der Waals surface area contributed by atoms with Gasteiger partial charge in [0, 0.05) is 4.47 Å². The Hall–Kier alpha value is -1.63. The number of methoxy groups -OCH3 is 2. The van der Waals surface area contributed by atoms with Crippen molar-refractivity contribution >= 4 is 15.9 Å². The molecule has 0 spiro atoms. The summed E-state index contributed by atoms with van der Waals surface area (Å²) in [4.78, 5) is 0. The van der Waals surface area contributed by atoms with Crippen LogP contribution in [0.25, 0.3) is 0 Å². The van der Waals surface area contributed by atoms with Gasteiger partial charge in [-0.25, -0.2) is 9.82 Å². The van der Waals surface area contributed by atoms with Crippen molar-refractivity contribution in [3.05, 3.63) is 57.8 Å². The standard InChI is InChI=1S/C15H16BrFN2O2/c1-20-12-4-3-5-13(21-2)14(12)15(19-18)10-8-9(17)6-7-11(10)16/h3-8,15,19H,18H2,1-2H3. The summed E-state index contributed by atoms with van der Waals surface area (Å²) >= 11 is 3.42. The van der Waals surface area contributed by atoms with Gasteiger partial charge in [-0.05, 0) is 35.9 Å². The van der Waals surface area contributed by atoms with Crippen LogP contribution in [0.1, 0.15) is 17.2 Å². The number of hydrogen-bond donors (Lipinski definition) is 2. The Morgan fingerprint density at radius 3 is 2.29 bits per heavy atom. The molecule has 2 aromatic carbocycles. The van der Waals surface area contributed by atoms with Crippen molar-refractivity contribution in [2.45, 2.75) is 6.04 Å². The Morgan fingerprint density at radius 1 is 1.14 bits per heavy atom. The van der Waals surface area contributed by atoms with Gasteiger partial charge in [0.25, 0.3) is 0 Å². The van der Waals surface area contributed by atoms with Gasteiger partial charge in [-0.1, -0.05) is 22.0 Å². The maximum absolute atomic E-state index is 13.6. The van der Waals surface area contributed by atoms with E-state index in [0.29, 0.717) is 22.6 Å². The van der Waals surface area contributed by atoms with E-state index in [4.69, 9.17) is 15.3 Å². The zero-order chi connectivity index (χ0) is 15.4. The highest BCUT2D eigenvalue weighted by Gasteiger charge is 2.23. The lowest BCUT2D eigenvalue weighted by Gasteiger charge is -2.23. The smallest absolute Gasteiger partial charge is 0.127 e. The fourth-order valence-corrected chi connectivity index (χ4v) is 2.70. The SMILES string of the molecule is COc1cccc(OC)c1C(NN)c1cc(F)ccc1Br. The molecule has 0 aromatic heterocycles. The normalized spacial score (nSPS) is 12.0. The quantitative estimate of drug-likeness (QED) is 0.639. The second kappa shape index (κ2) is 6.89. The number of hydrogen-bond acceptors (Lipinski definition) is 4. The van der Waals surface area contributed by atoms with Crippen molar-refractivity contribution < 1.29 is 13.9 Å². The third-order valence-corrected chi connectivity index (χ3v) is 3.91. The number of rotatable bonds is 5. The van der Waals surface area contributed by atoms with Gasteiger partial charge < -0.3 is 9.47 Å². The van der Waals surface area contributed by atoms with Crippen molar-refractivity contribution in [1.29, 1.82) is 0 Å². The van der Waals surface area contributed by atoms with Crippen molar-refractivity contribution in [3.8, 4) is 11.5 Å². The van der Waals surface area contributed by atoms with Gasteiger partial charge in [0.1, 0.15) is 17.3 Å². The molecule has 0 amide bonds. The summed E-state index contributed by atoms with van der Waals surface area (Å²) < 4.78 is 25.1. The number of benzene rings is 2. The van der Waals surface area contributed by atoms with Crippen LogP contribution in [-0.2, 0) is 0 Å². The lowest BCUT2D eigenvalue weighted by molar-refractivity contribution is 0.377. The summed E-state index contributed by atoms with van der Waals surface area (Å²) in [5.41, 5.74) is 4.05. The van der Waals surface area contributed by atoms with E-state index < -0.39 is 6.04 Å². The van der Waals surface area contributed by atoms with E-state index in [0.717, 1.165) is 4.47 Å². The summed E-state index contributed by atoms with van der Waals surface area (Å²) in [6.07, 6.45) is 0. The van der Waals surface area contributed by atoms with E-state index in [1.165, 1.54) is 12.1 Å². The monoisotopic (exact) mass is 354 g/mol. The summed E-state index contributed by atoms with van der Waals surface area (Å²) in [7, 11) is 3.12. The summed E-state index contributed by atoms with van der Waals surface area (Å²) in [5, 5.41) is 0. The molecule has 2 rings (SSSR count). The summed E-state index contributed by atoms with van der Waals surface area (Å²) in [6.45, 7) is 0. The molecule has 0 radical (unpaired) electrons. The zero-order valence-corrected chi connectivity index (χ0v) is 13.3. The second-order valence-electron chi connectivity index (χ2n) is 4.34. The van der Waals surface area contributed by atoms with Gasteiger partial charge in [-0.15, -0.1) is 0 Å². The molecule has 0 saturated heterocycles. The number of nitrogens with two attached hydrogens (primary N) is 1. The molecule has 0 aliphatic heterocycles. The van der Waals surface area contributed by atoms with Gasteiger partial charge in [0.05, 0.1) is 25.8 Å². The van der Waals surface area contributed by atoms with E-state index >= 15 is 0 Å². The van der Waals surface area contributed by atoms with Gasteiger partial charge >= 0.3 is 0 Å². The van der Waals surface area contributed by atoms with E-state index in [9.17, 15) is 4.39 Å². The average Bonchev–Trinajstić information content (AvgIpc) is 2.51. The van der Waals surface area contributed by atoms with Gasteiger partial charge in [-0.3, -0.25) is 5.84 Å². The summed E-state index contributed by atoms with van der Waals surface area (Å²) in [6, 6.07) is 9.36. The first-order valence-electron chi connectivity index (χ1n) is 6.24. The predicted octanol–water partition coefficient (Wildman–Crippen LogP) is 3.16. The number of halogens is 2. The average molecular weight is 355 g/mol. The molecule has 4 nitrogen and oxygen atoms in total. The van der Waals surface area contributed by atoms with Crippen molar-refractivity contribution in [2.24, 2.45) is 5.84 Å². The molecule has 3 N–H and O–H groups in total. The molecule has 0 saturated carbocycles. The van der Waals surface area contributed by atoms with Crippen LogP contribution in [0, 0.1) is 5.82 Å². The summed E-state index contributed by atoms with van der Waals surface area (Å²) in [5.74, 6) is 6.56. The minimum absolute atomic E-state index is 0.345. The van der Waals surface area contributed by atoms with Gasteiger partial charge in [0.15, 0.2) is 0 Å². The van der Waals surface area contributed by atoms with E-state index in [-0.39, 0.29) is 5.82 Å². The molecule has 112 valence electrons. The molecule has 0 heterocycles. The first kappa shape index (κ1) is 15.8. The van der Waals surface area contributed by atoms with Crippen LogP contribution in [0.3, 0.4) is 0 Å². The fourth-order valence-electron chi connectivity index (χ4n) is 2.23. The Balaban J connectivity index is 2.63. The molecule has 0 bridgehead atoms. The Bertz CT molecular complexity index is 615. The van der Waals surface area contributed by atoms with Gasteiger partial charge in [0.2, 0.25) is 0 Å². The van der Waals surface area contributed by atoms with Crippen LogP contribution in [0.15, 0.2) is 40.9 Å². The maximum Gasteiger partial charge on any atom is 0.127 e. The van der Waals surface area contributed by atoms with Crippen molar-refractivity contribution in [1.82, 2.24) is 5.43 Å². The predicted molar refractivity (Wildman–Crippen MR) is 82.8 cm³/mol. The number of ether oxygens (including phenoxy) is 2. The van der Waals surface area contributed by atoms with Crippen LogP contribution >= 0.6 is 15.9 Å². The van der Waals surface area contributed by atoms with E-state index in [1.54, 1.807) is 32.4 Å². The van der Waals surface area contributed by atoms with E-state index in [1.807, 2.05) is 6.07 Å². The molecule has 21 heavy (non-hydrogen) atoms. The topological polar surface area (TPSA) is 56.5 Å². The fraction of sp³-hybridized carbons (Fsp3) is 0.200.